The van der Waals surface area contributed by atoms with Crippen LogP contribution in [-0.2, 0) is 11.3 Å². The van der Waals surface area contributed by atoms with Crippen molar-refractivity contribution >= 4 is 5.97 Å². The monoisotopic (exact) mass is 366 g/mol. The van der Waals surface area contributed by atoms with Crippen LogP contribution < -0.4 is 4.74 Å². The molecule has 2 heterocycles. The summed E-state index contributed by atoms with van der Waals surface area (Å²) in [5.74, 6) is 0.447. The van der Waals surface area contributed by atoms with Crippen molar-refractivity contribution in [3.8, 4) is 5.75 Å². The molecule has 2 fully saturated rings. The molecule has 0 saturated carbocycles. The number of nitrogens with zero attached hydrogens (tertiary/aromatic N) is 2. The fourth-order valence-electron chi connectivity index (χ4n) is 4.63. The molecule has 3 atom stereocenters. The summed E-state index contributed by atoms with van der Waals surface area (Å²) in [7, 11) is 1.61. The Hall–Kier alpha value is -2.37. The molecule has 2 aliphatic rings. The van der Waals surface area contributed by atoms with E-state index in [0.29, 0.717) is 17.7 Å². The summed E-state index contributed by atoms with van der Waals surface area (Å²) in [5.41, 5.74) is 2.11. The third kappa shape index (κ3) is 3.70. The largest absolute Gasteiger partial charge is 0.497 e. The standard InChI is InChI=1S/C22H26N2O3/c1-27-19-9-5-8-17(12-19)21(22(25)26)24-14-18-10-11-23(20(18)15-24)13-16-6-3-2-4-7-16/h2-9,12,18,20-21H,10-11,13-15H2,1H3,(H,25,26)/t18-,20+,21?/m1/s1. The van der Waals surface area contributed by atoms with Crippen LogP contribution in [0.1, 0.15) is 23.6 Å². The fourth-order valence-corrected chi connectivity index (χ4v) is 4.63. The molecule has 0 bridgehead atoms. The number of carbonyl (C=O) groups is 1. The Kier molecular flexibility index (Phi) is 5.14. The first-order chi connectivity index (χ1) is 13.2. The smallest absolute Gasteiger partial charge is 0.325 e. The first-order valence-corrected chi connectivity index (χ1v) is 9.54. The van der Waals surface area contributed by atoms with Crippen molar-refractivity contribution in [3.05, 3.63) is 65.7 Å². The quantitative estimate of drug-likeness (QED) is 0.852. The van der Waals surface area contributed by atoms with E-state index < -0.39 is 12.0 Å². The third-order valence-corrected chi connectivity index (χ3v) is 5.93. The summed E-state index contributed by atoms with van der Waals surface area (Å²) in [5, 5.41) is 9.92. The van der Waals surface area contributed by atoms with Gasteiger partial charge in [0.25, 0.3) is 0 Å². The summed E-state index contributed by atoms with van der Waals surface area (Å²) < 4.78 is 5.29. The maximum absolute atomic E-state index is 12.1. The summed E-state index contributed by atoms with van der Waals surface area (Å²) >= 11 is 0. The zero-order valence-electron chi connectivity index (χ0n) is 15.6. The number of hydrogen-bond donors (Lipinski definition) is 1. The molecule has 0 spiro atoms. The Bertz CT molecular complexity index is 795. The van der Waals surface area contributed by atoms with Crippen molar-refractivity contribution in [1.82, 2.24) is 9.80 Å². The van der Waals surface area contributed by atoms with Gasteiger partial charge in [-0.2, -0.15) is 0 Å². The summed E-state index contributed by atoms with van der Waals surface area (Å²) in [6.07, 6.45) is 1.14. The molecule has 4 rings (SSSR count). The number of rotatable bonds is 6. The predicted molar refractivity (Wildman–Crippen MR) is 104 cm³/mol. The highest BCUT2D eigenvalue weighted by molar-refractivity contribution is 5.75. The Morgan fingerprint density at radius 3 is 2.74 bits per heavy atom. The first-order valence-electron chi connectivity index (χ1n) is 9.54. The van der Waals surface area contributed by atoms with Crippen LogP contribution in [0, 0.1) is 5.92 Å². The van der Waals surface area contributed by atoms with Crippen LogP contribution in [0.5, 0.6) is 5.75 Å². The Morgan fingerprint density at radius 1 is 1.19 bits per heavy atom. The van der Waals surface area contributed by atoms with Crippen LogP contribution in [0.3, 0.4) is 0 Å². The van der Waals surface area contributed by atoms with E-state index in [2.05, 4.69) is 34.1 Å². The maximum atomic E-state index is 12.1. The highest BCUT2D eigenvalue weighted by Crippen LogP contribution is 2.37. The number of carboxylic acid groups (broad SMARTS) is 1. The Labute approximate surface area is 160 Å². The lowest BCUT2D eigenvalue weighted by Gasteiger charge is -2.28. The van der Waals surface area contributed by atoms with Crippen LogP contribution in [0.15, 0.2) is 54.6 Å². The second-order valence-electron chi connectivity index (χ2n) is 7.54. The fraction of sp³-hybridized carbons (Fsp3) is 0.409. The molecule has 5 nitrogen and oxygen atoms in total. The van der Waals surface area contributed by atoms with E-state index in [-0.39, 0.29) is 0 Å². The van der Waals surface area contributed by atoms with Crippen molar-refractivity contribution in [3.63, 3.8) is 0 Å². The number of aliphatic carboxylic acids is 1. The average molecular weight is 366 g/mol. The maximum Gasteiger partial charge on any atom is 0.325 e. The molecule has 0 aliphatic carbocycles. The van der Waals surface area contributed by atoms with Crippen LogP contribution >= 0.6 is 0 Å². The summed E-state index contributed by atoms with van der Waals surface area (Å²) in [6, 6.07) is 17.8. The highest BCUT2D eigenvalue weighted by atomic mass is 16.5. The molecule has 1 N–H and O–H groups in total. The minimum Gasteiger partial charge on any atom is -0.497 e. The van der Waals surface area contributed by atoms with Crippen LogP contribution in [0.25, 0.3) is 0 Å². The first kappa shape index (κ1) is 18.0. The van der Waals surface area contributed by atoms with Gasteiger partial charge in [0.15, 0.2) is 0 Å². The van der Waals surface area contributed by atoms with Crippen LogP contribution in [0.4, 0.5) is 0 Å². The third-order valence-electron chi connectivity index (χ3n) is 5.93. The van der Waals surface area contributed by atoms with Gasteiger partial charge in [-0.15, -0.1) is 0 Å². The van der Waals surface area contributed by atoms with Crippen molar-refractivity contribution in [2.75, 3.05) is 26.7 Å². The second kappa shape index (κ2) is 7.71. The lowest BCUT2D eigenvalue weighted by atomic mass is 10.0. The molecule has 2 aromatic rings. The molecule has 5 heteroatoms. The lowest BCUT2D eigenvalue weighted by molar-refractivity contribution is -0.143. The molecule has 142 valence electrons. The van der Waals surface area contributed by atoms with E-state index in [1.807, 2.05) is 30.3 Å². The number of hydrogen-bond acceptors (Lipinski definition) is 4. The van der Waals surface area contributed by atoms with E-state index in [0.717, 1.165) is 38.2 Å². The van der Waals surface area contributed by atoms with Gasteiger partial charge in [0.2, 0.25) is 0 Å². The van der Waals surface area contributed by atoms with Crippen molar-refractivity contribution in [1.29, 1.82) is 0 Å². The van der Waals surface area contributed by atoms with Crippen molar-refractivity contribution < 1.29 is 14.6 Å². The molecular weight excluding hydrogens is 340 g/mol. The number of ether oxygens (including phenoxy) is 1. The minimum absolute atomic E-state index is 0.428. The lowest BCUT2D eigenvalue weighted by Crippen LogP contribution is -2.38. The molecule has 27 heavy (non-hydrogen) atoms. The van der Waals surface area contributed by atoms with E-state index in [4.69, 9.17) is 4.74 Å². The van der Waals surface area contributed by atoms with Gasteiger partial charge in [-0.1, -0.05) is 42.5 Å². The van der Waals surface area contributed by atoms with E-state index in [1.54, 1.807) is 7.11 Å². The SMILES string of the molecule is COc1cccc(C(C(=O)O)N2C[C@H]3CCN(Cc4ccccc4)[C@H]3C2)c1. The Balaban J connectivity index is 1.50. The second-order valence-corrected chi connectivity index (χ2v) is 7.54. The number of likely N-dealkylation sites (tertiary alicyclic amines) is 2. The number of carboxylic acids is 1. The Morgan fingerprint density at radius 2 is 2.00 bits per heavy atom. The minimum atomic E-state index is -0.794. The molecule has 1 unspecified atom stereocenters. The van der Waals surface area contributed by atoms with Gasteiger partial charge in [-0.05, 0) is 42.1 Å². The molecule has 2 aliphatic heterocycles. The van der Waals surface area contributed by atoms with Gasteiger partial charge in [0, 0.05) is 25.7 Å². The average Bonchev–Trinajstić information content (AvgIpc) is 3.24. The van der Waals surface area contributed by atoms with E-state index in [1.165, 1.54) is 5.56 Å². The molecule has 2 aromatic carbocycles. The van der Waals surface area contributed by atoms with Crippen LogP contribution in [0.2, 0.25) is 0 Å². The van der Waals surface area contributed by atoms with Gasteiger partial charge in [-0.25, -0.2) is 0 Å². The van der Waals surface area contributed by atoms with Gasteiger partial charge in [0.1, 0.15) is 11.8 Å². The van der Waals surface area contributed by atoms with Crippen molar-refractivity contribution in [2.24, 2.45) is 5.92 Å². The molecule has 0 aromatic heterocycles. The molecule has 2 saturated heterocycles. The van der Waals surface area contributed by atoms with Crippen molar-refractivity contribution in [2.45, 2.75) is 25.0 Å². The molecular formula is C22H26N2O3. The number of fused-ring (bicyclic) bond motifs is 1. The van der Waals surface area contributed by atoms with E-state index in [9.17, 15) is 9.90 Å². The topological polar surface area (TPSA) is 53.0 Å². The van der Waals surface area contributed by atoms with Crippen LogP contribution in [-0.4, -0.2) is 53.7 Å². The highest BCUT2D eigenvalue weighted by Gasteiger charge is 2.44. The molecule has 0 amide bonds. The van der Waals surface area contributed by atoms with E-state index >= 15 is 0 Å². The summed E-state index contributed by atoms with van der Waals surface area (Å²) in [6.45, 7) is 3.66. The van der Waals surface area contributed by atoms with Gasteiger partial charge < -0.3 is 9.84 Å². The number of benzene rings is 2. The van der Waals surface area contributed by atoms with Gasteiger partial charge in [0.05, 0.1) is 7.11 Å². The van der Waals surface area contributed by atoms with Gasteiger partial charge in [-0.3, -0.25) is 14.6 Å². The predicted octanol–water partition coefficient (Wildman–Crippen LogP) is 3.03. The van der Waals surface area contributed by atoms with Gasteiger partial charge >= 0.3 is 5.97 Å². The molecule has 0 radical (unpaired) electrons. The number of methoxy groups -OCH3 is 1. The normalized spacial score (nSPS) is 23.9. The zero-order chi connectivity index (χ0) is 18.8. The summed E-state index contributed by atoms with van der Waals surface area (Å²) in [4.78, 5) is 16.7. The zero-order valence-corrected chi connectivity index (χ0v) is 15.6.